The van der Waals surface area contributed by atoms with Crippen molar-refractivity contribution in [3.05, 3.63) is 119 Å². The number of hydrogen-bond acceptors (Lipinski definition) is 6. The molecule has 0 radical (unpaired) electrons. The Labute approximate surface area is 219 Å². The quantitative estimate of drug-likeness (QED) is 0.282. The molecule has 37 heavy (non-hydrogen) atoms. The Balaban J connectivity index is 1.60. The van der Waals surface area contributed by atoms with Gasteiger partial charge in [-0.25, -0.2) is 0 Å². The summed E-state index contributed by atoms with van der Waals surface area (Å²) < 4.78 is 0. The Morgan fingerprint density at radius 1 is 0.676 bits per heavy atom. The van der Waals surface area contributed by atoms with Gasteiger partial charge in [0.05, 0.1) is 11.4 Å². The van der Waals surface area contributed by atoms with E-state index in [0.29, 0.717) is 37.7 Å². The number of aryl methyl sites for hydroxylation is 2. The highest BCUT2D eigenvalue weighted by atomic mass is 16.3. The number of aromatic nitrogens is 2. The van der Waals surface area contributed by atoms with Crippen LogP contribution < -0.4 is 0 Å². The molecule has 0 unspecified atom stereocenters. The first-order valence-electron chi connectivity index (χ1n) is 12.7. The molecule has 2 aromatic carbocycles. The van der Waals surface area contributed by atoms with Crippen molar-refractivity contribution in [1.29, 1.82) is 0 Å². The lowest BCUT2D eigenvalue weighted by Crippen LogP contribution is -2.41. The highest BCUT2D eigenvalue weighted by molar-refractivity contribution is 5.36. The molecule has 0 amide bonds. The van der Waals surface area contributed by atoms with E-state index in [1.807, 2.05) is 73.9 Å². The van der Waals surface area contributed by atoms with Gasteiger partial charge < -0.3 is 10.2 Å². The fourth-order valence-corrected chi connectivity index (χ4v) is 4.60. The molecule has 4 rings (SSSR count). The minimum absolute atomic E-state index is 0.122. The Morgan fingerprint density at radius 3 is 2.16 bits per heavy atom. The predicted octanol–water partition coefficient (Wildman–Crippen LogP) is 5.60. The number of rotatable bonds is 11. The predicted molar refractivity (Wildman–Crippen MR) is 147 cm³/mol. The average molecular weight is 497 g/mol. The van der Waals surface area contributed by atoms with Crippen LogP contribution in [0, 0.1) is 13.8 Å². The van der Waals surface area contributed by atoms with Crippen LogP contribution in [0.15, 0.2) is 85.2 Å². The van der Waals surface area contributed by atoms with E-state index < -0.39 is 0 Å². The van der Waals surface area contributed by atoms with Crippen LogP contribution in [0.2, 0.25) is 0 Å². The smallest absolute Gasteiger partial charge is 0.120 e. The van der Waals surface area contributed by atoms with Gasteiger partial charge in [0.25, 0.3) is 0 Å². The second-order valence-electron chi connectivity index (χ2n) is 9.83. The van der Waals surface area contributed by atoms with Gasteiger partial charge in [-0.1, -0.05) is 42.0 Å². The van der Waals surface area contributed by atoms with E-state index in [1.165, 1.54) is 5.56 Å². The first-order chi connectivity index (χ1) is 17.9. The van der Waals surface area contributed by atoms with Crippen molar-refractivity contribution in [2.75, 3.05) is 6.54 Å². The minimum atomic E-state index is 0.122. The third-order valence-corrected chi connectivity index (χ3v) is 6.59. The Kier molecular flexibility index (Phi) is 8.88. The summed E-state index contributed by atoms with van der Waals surface area (Å²) in [6.07, 6.45) is 3.66. The zero-order valence-corrected chi connectivity index (χ0v) is 21.9. The molecule has 0 saturated heterocycles. The van der Waals surface area contributed by atoms with E-state index in [9.17, 15) is 10.2 Å². The van der Waals surface area contributed by atoms with Crippen LogP contribution in [0.25, 0.3) is 0 Å². The van der Waals surface area contributed by atoms with Crippen molar-refractivity contribution in [3.8, 4) is 11.5 Å². The second-order valence-corrected chi connectivity index (χ2v) is 9.83. The summed E-state index contributed by atoms with van der Waals surface area (Å²) in [5, 5.41) is 21.0. The fourth-order valence-electron chi connectivity index (χ4n) is 4.60. The summed E-state index contributed by atoms with van der Waals surface area (Å²) in [5.74, 6) is 0.603. The zero-order valence-electron chi connectivity index (χ0n) is 21.9. The number of hydrogen-bond donors (Lipinski definition) is 2. The molecule has 2 N–H and O–H groups in total. The van der Waals surface area contributed by atoms with Crippen molar-refractivity contribution in [1.82, 2.24) is 19.8 Å². The third-order valence-electron chi connectivity index (χ3n) is 6.59. The summed E-state index contributed by atoms with van der Waals surface area (Å²) in [6, 6.07) is 23.4. The number of aromatic hydroxyl groups is 2. The molecule has 2 heterocycles. The van der Waals surface area contributed by atoms with Crippen molar-refractivity contribution in [3.63, 3.8) is 0 Å². The average Bonchev–Trinajstić information content (AvgIpc) is 2.88. The number of phenols is 2. The Bertz CT molecular complexity index is 1300. The van der Waals surface area contributed by atoms with E-state index in [0.717, 1.165) is 34.6 Å². The summed E-state index contributed by atoms with van der Waals surface area (Å²) in [4.78, 5) is 13.8. The summed E-state index contributed by atoms with van der Waals surface area (Å²) >= 11 is 0. The maximum atomic E-state index is 10.6. The van der Waals surface area contributed by atoms with Gasteiger partial charge in [0.2, 0.25) is 0 Å². The number of nitrogens with zero attached hydrogens (tertiary/aromatic N) is 4. The molecule has 4 aromatic rings. The number of para-hydroxylation sites is 1. The van der Waals surface area contributed by atoms with Crippen LogP contribution >= 0.6 is 0 Å². The van der Waals surface area contributed by atoms with E-state index in [2.05, 4.69) is 39.7 Å². The van der Waals surface area contributed by atoms with Gasteiger partial charge in [0, 0.05) is 62.3 Å². The van der Waals surface area contributed by atoms with Gasteiger partial charge >= 0.3 is 0 Å². The van der Waals surface area contributed by atoms with Crippen molar-refractivity contribution < 1.29 is 10.2 Å². The summed E-state index contributed by atoms with van der Waals surface area (Å²) in [6.45, 7) is 9.57. The molecule has 0 spiro atoms. The van der Waals surface area contributed by atoms with Crippen LogP contribution in [0.4, 0.5) is 0 Å². The molecule has 1 atom stereocenters. The lowest BCUT2D eigenvalue weighted by Gasteiger charge is -2.34. The molecule has 0 fully saturated rings. The number of benzene rings is 2. The van der Waals surface area contributed by atoms with Gasteiger partial charge in [-0.15, -0.1) is 0 Å². The van der Waals surface area contributed by atoms with Gasteiger partial charge in [-0.3, -0.25) is 19.8 Å². The van der Waals surface area contributed by atoms with Gasteiger partial charge in [0.15, 0.2) is 0 Å². The molecular formula is C31H36N4O2. The van der Waals surface area contributed by atoms with Crippen LogP contribution in [-0.4, -0.2) is 42.6 Å². The second kappa shape index (κ2) is 12.5. The lowest BCUT2D eigenvalue weighted by atomic mass is 10.1. The van der Waals surface area contributed by atoms with Crippen LogP contribution in [0.5, 0.6) is 11.5 Å². The topological polar surface area (TPSA) is 72.7 Å². The van der Waals surface area contributed by atoms with Crippen LogP contribution in [0.3, 0.4) is 0 Å². The first kappa shape index (κ1) is 26.3. The molecule has 0 bridgehead atoms. The Hall–Kier alpha value is -3.74. The van der Waals surface area contributed by atoms with Gasteiger partial charge in [0.1, 0.15) is 11.5 Å². The Morgan fingerprint density at radius 2 is 1.41 bits per heavy atom. The van der Waals surface area contributed by atoms with Crippen molar-refractivity contribution >= 4 is 0 Å². The summed E-state index contributed by atoms with van der Waals surface area (Å²) in [5.41, 5.74) is 6.05. The molecular weight excluding hydrogens is 460 g/mol. The maximum absolute atomic E-state index is 10.6. The monoisotopic (exact) mass is 496 g/mol. The van der Waals surface area contributed by atoms with E-state index in [4.69, 9.17) is 0 Å². The maximum Gasteiger partial charge on any atom is 0.120 e. The first-order valence-corrected chi connectivity index (χ1v) is 12.7. The van der Waals surface area contributed by atoms with E-state index in [-0.39, 0.29) is 6.04 Å². The fraction of sp³-hybridized carbons (Fsp3) is 0.290. The van der Waals surface area contributed by atoms with Crippen molar-refractivity contribution in [2.24, 2.45) is 0 Å². The molecule has 0 aliphatic heterocycles. The lowest BCUT2D eigenvalue weighted by molar-refractivity contribution is 0.124. The largest absolute Gasteiger partial charge is 0.508 e. The molecule has 0 aliphatic rings. The highest BCUT2D eigenvalue weighted by Gasteiger charge is 2.21. The molecule has 6 nitrogen and oxygen atoms in total. The number of phenolic OH excluding ortho intramolecular Hbond substituents is 2. The molecule has 0 aliphatic carbocycles. The standard InChI is InChI=1S/C31H36N4O2/c1-23-11-12-31(37)27(16-23)20-35(22-29-17-24(2)13-15-33-29)25(3)18-34(21-28-9-6-7-14-32-28)19-26-8-4-5-10-30(26)36/h4-17,25,36-37H,18-22H2,1-3H3/t25-/m1/s1. The minimum Gasteiger partial charge on any atom is -0.508 e. The number of pyridine rings is 2. The summed E-state index contributed by atoms with van der Waals surface area (Å²) in [7, 11) is 0. The molecule has 6 heteroatoms. The van der Waals surface area contributed by atoms with Crippen molar-refractivity contribution in [2.45, 2.75) is 53.0 Å². The molecule has 2 aromatic heterocycles. The SMILES string of the molecule is Cc1ccnc(CN(Cc2cc(C)ccc2O)[C@H](C)CN(Cc2ccccn2)Cc2ccccc2O)c1. The molecule has 192 valence electrons. The normalized spacial score (nSPS) is 12.2. The van der Waals surface area contributed by atoms with Crippen LogP contribution in [-0.2, 0) is 26.2 Å². The molecule has 0 saturated carbocycles. The highest BCUT2D eigenvalue weighted by Crippen LogP contribution is 2.24. The van der Waals surface area contributed by atoms with E-state index in [1.54, 1.807) is 12.1 Å². The van der Waals surface area contributed by atoms with Crippen LogP contribution in [0.1, 0.15) is 40.6 Å². The van der Waals surface area contributed by atoms with Gasteiger partial charge in [-0.2, -0.15) is 0 Å². The van der Waals surface area contributed by atoms with Gasteiger partial charge in [-0.05, 0) is 62.7 Å². The van der Waals surface area contributed by atoms with E-state index >= 15 is 0 Å². The zero-order chi connectivity index (χ0) is 26.2. The third kappa shape index (κ3) is 7.62.